The number of hydrogen-bond acceptors (Lipinski definition) is 6. The molecule has 1 N–H and O–H groups in total. The van der Waals surface area contributed by atoms with E-state index in [4.69, 9.17) is 0 Å². The fourth-order valence-electron chi connectivity index (χ4n) is 2.49. The van der Waals surface area contributed by atoms with Crippen molar-refractivity contribution in [2.75, 3.05) is 13.6 Å². The van der Waals surface area contributed by atoms with Gasteiger partial charge in [-0.15, -0.1) is 3.71 Å². The van der Waals surface area contributed by atoms with Gasteiger partial charge >= 0.3 is 43.1 Å². The molecule has 0 bridgehead atoms. The third kappa shape index (κ3) is 7.11. The van der Waals surface area contributed by atoms with Crippen LogP contribution < -0.4 is 5.01 Å². The lowest BCUT2D eigenvalue weighted by Gasteiger charge is -2.26. The highest BCUT2D eigenvalue weighted by atomic mass is 32.3. The van der Waals surface area contributed by atoms with E-state index in [0.29, 0.717) is 6.04 Å². The van der Waals surface area contributed by atoms with Crippen LogP contribution in [0.5, 0.6) is 0 Å². The number of sulfonamides is 2. The van der Waals surface area contributed by atoms with Crippen molar-refractivity contribution >= 4 is 26.0 Å². The van der Waals surface area contributed by atoms with Crippen molar-refractivity contribution in [3.05, 3.63) is 11.8 Å². The lowest BCUT2D eigenvalue weighted by Crippen LogP contribution is -3.18. The first kappa shape index (κ1) is 31.2. The van der Waals surface area contributed by atoms with Crippen molar-refractivity contribution in [1.29, 1.82) is 0 Å². The lowest BCUT2D eigenvalue weighted by atomic mass is 10.3. The molecule has 1 heterocycles. The average Bonchev–Trinajstić information content (AvgIpc) is 2.82. The van der Waals surface area contributed by atoms with Crippen LogP contribution in [0.25, 0.3) is 0 Å². The highest BCUT2D eigenvalue weighted by Gasteiger charge is 2.67. The van der Waals surface area contributed by atoms with Crippen molar-refractivity contribution in [1.82, 2.24) is 8.72 Å². The van der Waals surface area contributed by atoms with Crippen LogP contribution in [0.4, 0.5) is 39.5 Å². The molecule has 19 heteroatoms. The maximum atomic E-state index is 12.0. The van der Waals surface area contributed by atoms with Gasteiger partial charge in [-0.25, -0.2) is 10.0 Å². The van der Waals surface area contributed by atoms with Crippen LogP contribution >= 0.6 is 0 Å². The number of hydrogen-bond donors (Lipinski definition) is 1. The second-order valence-electron chi connectivity index (χ2n) is 6.65. The van der Waals surface area contributed by atoms with E-state index in [1.54, 1.807) is 5.01 Å². The largest absolute Gasteiger partial charge is 0.517 e. The Bertz CT molecular complexity index is 897. The van der Waals surface area contributed by atoms with Gasteiger partial charge in [0.15, 0.2) is 0 Å². The molecule has 1 rings (SSSR count). The highest BCUT2D eigenvalue weighted by Crippen LogP contribution is 2.37. The van der Waals surface area contributed by atoms with Gasteiger partial charge in [0.1, 0.15) is 6.04 Å². The highest BCUT2D eigenvalue weighted by molar-refractivity contribution is 8.05. The van der Waals surface area contributed by atoms with Gasteiger partial charge in [-0.2, -0.15) is 56.3 Å². The van der Waals surface area contributed by atoms with Crippen LogP contribution in [-0.2, 0) is 24.8 Å². The van der Waals surface area contributed by atoms with Crippen LogP contribution in [-0.4, -0.2) is 68.3 Å². The normalized spacial score (nSPS) is 20.2. The summed E-state index contributed by atoms with van der Waals surface area (Å²) in [6.45, 7) is 8.00. The Morgan fingerprint density at radius 3 is 1.64 bits per heavy atom. The molecule has 0 aromatic rings. The van der Waals surface area contributed by atoms with Gasteiger partial charge in [0.2, 0.25) is 0 Å². The molecule has 0 fully saturated rings. The summed E-state index contributed by atoms with van der Waals surface area (Å²) in [4.78, 5) is 10.4. The van der Waals surface area contributed by atoms with Crippen LogP contribution in [0.2, 0.25) is 0 Å². The minimum atomic E-state index is -7.81. The minimum absolute atomic E-state index is 0.668. The van der Waals surface area contributed by atoms with Crippen molar-refractivity contribution in [3.8, 4) is 0 Å². The molecule has 1 aliphatic rings. The number of alkyl halides is 9. The second-order valence-corrected chi connectivity index (χ2v) is 10.4. The number of quaternary nitrogens is 1. The van der Waals surface area contributed by atoms with Crippen molar-refractivity contribution in [2.45, 2.75) is 56.8 Å². The predicted molar refractivity (Wildman–Crippen MR) is 94.6 cm³/mol. The van der Waals surface area contributed by atoms with Gasteiger partial charge in [0.25, 0.3) is 0 Å². The van der Waals surface area contributed by atoms with E-state index in [-0.39, 0.29) is 0 Å². The third-order valence-corrected chi connectivity index (χ3v) is 7.75. The number of halogens is 9. The van der Waals surface area contributed by atoms with Gasteiger partial charge in [0.05, 0.1) is 19.3 Å². The molecule has 8 nitrogen and oxygen atoms in total. The quantitative estimate of drug-likeness (QED) is 0.530. The minimum Gasteiger partial charge on any atom is -0.262 e. The average molecular weight is 546 g/mol. The molecule has 0 spiro atoms. The van der Waals surface area contributed by atoms with Crippen molar-refractivity contribution < 1.29 is 66.2 Å². The molecule has 0 saturated carbocycles. The first-order valence-corrected chi connectivity index (χ1v) is 11.6. The zero-order valence-electron chi connectivity index (χ0n) is 17.4. The van der Waals surface area contributed by atoms with Crippen molar-refractivity contribution in [2.24, 2.45) is 0 Å². The summed E-state index contributed by atoms with van der Waals surface area (Å²) in [5.74, 6) is -4.39. The second kappa shape index (κ2) is 10.2. The molecule has 1 aliphatic heterocycles. The first-order chi connectivity index (χ1) is 14.4. The zero-order valence-corrected chi connectivity index (χ0v) is 19.1. The fourth-order valence-corrected chi connectivity index (χ4v) is 5.05. The summed E-state index contributed by atoms with van der Waals surface area (Å²) in [7, 11) is -13.4. The Hall–Kier alpha value is -1.76. The fraction of sp³-hybridized carbons (Fsp3) is 0.786. The zero-order chi connectivity index (χ0) is 26.8. The van der Waals surface area contributed by atoms with Crippen LogP contribution in [0.15, 0.2) is 11.8 Å². The summed E-state index contributed by atoms with van der Waals surface area (Å²) >= 11 is 0. The SMILES string of the molecule is CCCC[NH+]1C(C)C=C(C)N1C.O=C(N(S(=O)(=O)C(F)(F)F)S(=O)(=O)C(F)(F)F)C(F)(F)F. The molecule has 0 aliphatic carbocycles. The van der Waals surface area contributed by atoms with E-state index in [1.165, 1.54) is 25.1 Å². The van der Waals surface area contributed by atoms with E-state index in [1.807, 2.05) is 0 Å². The van der Waals surface area contributed by atoms with E-state index < -0.39 is 46.9 Å². The maximum Gasteiger partial charge on any atom is 0.517 e. The molecule has 196 valence electrons. The molecular formula is C14H21F9N3O5S2+. The van der Waals surface area contributed by atoms with E-state index >= 15 is 0 Å². The number of carbonyl (C=O) groups excluding carboxylic acids is 1. The molecule has 0 saturated heterocycles. The molecular weight excluding hydrogens is 525 g/mol. The number of unbranched alkanes of at least 4 members (excludes halogenated alkanes) is 1. The topological polar surface area (TPSA) is 96.3 Å². The Morgan fingerprint density at radius 1 is 1.00 bits per heavy atom. The van der Waals surface area contributed by atoms with Gasteiger partial charge < -0.3 is 0 Å². The molecule has 2 unspecified atom stereocenters. The Balaban J connectivity index is 0.000000716. The summed E-state index contributed by atoms with van der Waals surface area (Å²) in [6.07, 6.45) is -1.67. The Kier molecular flexibility index (Phi) is 9.70. The Labute approximate surface area is 183 Å². The van der Waals surface area contributed by atoms with Gasteiger partial charge in [0, 0.05) is 0 Å². The number of amides is 1. The smallest absolute Gasteiger partial charge is 0.262 e. The summed E-state index contributed by atoms with van der Waals surface area (Å²) in [5.41, 5.74) is -12.4. The number of allylic oxidation sites excluding steroid dienone is 1. The molecule has 2 atom stereocenters. The molecule has 33 heavy (non-hydrogen) atoms. The van der Waals surface area contributed by atoms with E-state index in [0.717, 1.165) is 0 Å². The predicted octanol–water partition coefficient (Wildman–Crippen LogP) is 1.90. The number of nitrogens with zero attached hydrogens (tertiary/aromatic N) is 2. The monoisotopic (exact) mass is 546 g/mol. The molecule has 0 aromatic carbocycles. The van der Waals surface area contributed by atoms with Crippen LogP contribution in [0.3, 0.4) is 0 Å². The van der Waals surface area contributed by atoms with E-state index in [2.05, 4.69) is 38.9 Å². The summed E-state index contributed by atoms with van der Waals surface area (Å²) in [5, 5.41) is 3.94. The Morgan fingerprint density at radius 2 is 1.39 bits per heavy atom. The molecule has 0 aromatic heterocycles. The molecule has 0 radical (unpaired) electrons. The number of nitrogens with one attached hydrogen (secondary N) is 1. The first-order valence-electron chi connectivity index (χ1n) is 8.76. The van der Waals surface area contributed by atoms with Crippen LogP contribution in [0, 0.1) is 0 Å². The standard InChI is InChI=1S/C10H20N2.C4F9NO5S2/c1-5-6-7-12-10(3)8-9(2)11(12)4;5-2(6,7)1(15)14(20(16,17)3(8,9)10)21(18,19)4(11,12)13/h8,10H,5-7H2,1-4H3;/p+1. The van der Waals surface area contributed by atoms with Gasteiger partial charge in [-0.3, -0.25) is 4.79 Å². The summed E-state index contributed by atoms with van der Waals surface area (Å²) in [6, 6.07) is 0.668. The third-order valence-electron chi connectivity index (χ3n) is 4.19. The molecule has 1 amide bonds. The maximum absolute atomic E-state index is 12.0. The van der Waals surface area contributed by atoms with Gasteiger partial charge in [-0.05, 0) is 26.3 Å². The van der Waals surface area contributed by atoms with Gasteiger partial charge in [-0.1, -0.05) is 13.3 Å². The lowest BCUT2D eigenvalue weighted by molar-refractivity contribution is -1.01. The van der Waals surface area contributed by atoms with Crippen LogP contribution in [0.1, 0.15) is 33.6 Å². The number of rotatable bonds is 5. The van der Waals surface area contributed by atoms with E-state index in [9.17, 15) is 61.1 Å². The summed E-state index contributed by atoms with van der Waals surface area (Å²) < 4.78 is 146. The van der Waals surface area contributed by atoms with Crippen molar-refractivity contribution in [3.63, 3.8) is 0 Å². The number of carbonyl (C=O) groups is 1.